The van der Waals surface area contributed by atoms with Gasteiger partial charge in [0.25, 0.3) is 11.5 Å². The fourth-order valence-electron chi connectivity index (χ4n) is 4.56. The number of pyridine rings is 1. The van der Waals surface area contributed by atoms with Crippen LogP contribution in [0.5, 0.6) is 0 Å². The monoisotopic (exact) mass is 484 g/mol. The van der Waals surface area contributed by atoms with E-state index in [0.717, 1.165) is 47.3 Å². The van der Waals surface area contributed by atoms with Crippen LogP contribution < -0.4 is 10.9 Å². The van der Waals surface area contributed by atoms with Crippen LogP contribution in [0.2, 0.25) is 0 Å². The Morgan fingerprint density at radius 2 is 1.81 bits per heavy atom. The Morgan fingerprint density at radius 1 is 1.06 bits per heavy atom. The van der Waals surface area contributed by atoms with Crippen molar-refractivity contribution >= 4 is 5.91 Å². The molecule has 1 saturated carbocycles. The molecule has 5 rings (SSSR count). The van der Waals surface area contributed by atoms with Crippen molar-refractivity contribution in [3.05, 3.63) is 117 Å². The lowest BCUT2D eigenvalue weighted by molar-refractivity contribution is 0.0916. The van der Waals surface area contributed by atoms with Gasteiger partial charge in [-0.25, -0.2) is 9.37 Å². The first-order chi connectivity index (χ1) is 17.4. The molecule has 0 aliphatic heterocycles. The molecule has 1 fully saturated rings. The lowest BCUT2D eigenvalue weighted by Crippen LogP contribution is -2.40. The standard InChI is InChI=1S/C29H29FN4O2/c1-19-12-22(8-11-27(19)34-15-20(2)31-18-34)13-23-14-24(28(35)32-26-4-3-5-26)17-33(29(23)36)16-21-6-9-25(30)10-7-21/h6-12,14-15,17-18,26H,3-5,13,16H2,1-2H3,(H,32,35). The summed E-state index contributed by atoms with van der Waals surface area (Å²) in [6.45, 7) is 4.24. The molecule has 0 bridgehead atoms. The second kappa shape index (κ2) is 9.93. The van der Waals surface area contributed by atoms with Gasteiger partial charge in [0.2, 0.25) is 0 Å². The molecule has 2 aromatic carbocycles. The molecule has 2 aromatic heterocycles. The second-order valence-electron chi connectivity index (χ2n) is 9.63. The molecule has 4 aromatic rings. The van der Waals surface area contributed by atoms with Gasteiger partial charge in [-0.05, 0) is 74.1 Å². The van der Waals surface area contributed by atoms with E-state index in [1.165, 1.54) is 12.1 Å². The van der Waals surface area contributed by atoms with Crippen molar-refractivity contribution in [2.24, 2.45) is 0 Å². The van der Waals surface area contributed by atoms with Crippen LogP contribution >= 0.6 is 0 Å². The van der Waals surface area contributed by atoms with Crippen molar-refractivity contribution in [3.8, 4) is 5.69 Å². The zero-order chi connectivity index (χ0) is 25.2. The van der Waals surface area contributed by atoms with E-state index in [-0.39, 0.29) is 29.9 Å². The van der Waals surface area contributed by atoms with E-state index in [0.29, 0.717) is 17.5 Å². The highest BCUT2D eigenvalue weighted by Gasteiger charge is 2.21. The molecule has 0 radical (unpaired) electrons. The Bertz CT molecular complexity index is 1470. The summed E-state index contributed by atoms with van der Waals surface area (Å²) in [4.78, 5) is 30.7. The van der Waals surface area contributed by atoms with Crippen LogP contribution in [0.3, 0.4) is 0 Å². The molecule has 7 heteroatoms. The number of nitrogens with one attached hydrogen (secondary N) is 1. The van der Waals surface area contributed by atoms with Gasteiger partial charge in [0.05, 0.1) is 24.1 Å². The molecule has 0 spiro atoms. The summed E-state index contributed by atoms with van der Waals surface area (Å²) in [5.41, 5.74) is 5.65. The number of benzene rings is 2. The average molecular weight is 485 g/mol. The van der Waals surface area contributed by atoms with Crippen LogP contribution in [0.15, 0.2) is 72.0 Å². The minimum atomic E-state index is -0.329. The first kappa shape index (κ1) is 23.7. The van der Waals surface area contributed by atoms with Gasteiger partial charge in [-0.15, -0.1) is 0 Å². The summed E-state index contributed by atoms with van der Waals surface area (Å²) in [6, 6.07) is 14.1. The molecular formula is C29H29FN4O2. The van der Waals surface area contributed by atoms with Crippen molar-refractivity contribution in [2.75, 3.05) is 0 Å². The van der Waals surface area contributed by atoms with E-state index in [4.69, 9.17) is 0 Å². The van der Waals surface area contributed by atoms with Gasteiger partial charge in [-0.2, -0.15) is 0 Å². The number of imidazole rings is 1. The summed E-state index contributed by atoms with van der Waals surface area (Å²) >= 11 is 0. The Balaban J connectivity index is 1.47. The number of aromatic nitrogens is 3. The quantitative estimate of drug-likeness (QED) is 0.413. The van der Waals surface area contributed by atoms with E-state index in [9.17, 15) is 14.0 Å². The lowest BCUT2D eigenvalue weighted by atomic mass is 9.93. The van der Waals surface area contributed by atoms with Gasteiger partial charge in [0.15, 0.2) is 0 Å². The van der Waals surface area contributed by atoms with E-state index >= 15 is 0 Å². The fourth-order valence-corrected chi connectivity index (χ4v) is 4.56. The summed E-state index contributed by atoms with van der Waals surface area (Å²) in [6.07, 6.45) is 8.85. The molecule has 0 atom stereocenters. The largest absolute Gasteiger partial charge is 0.349 e. The number of amides is 1. The van der Waals surface area contributed by atoms with E-state index in [1.807, 2.05) is 36.7 Å². The van der Waals surface area contributed by atoms with Crippen molar-refractivity contribution in [1.29, 1.82) is 0 Å². The first-order valence-electron chi connectivity index (χ1n) is 12.2. The Morgan fingerprint density at radius 3 is 2.44 bits per heavy atom. The van der Waals surface area contributed by atoms with Crippen molar-refractivity contribution in [3.63, 3.8) is 0 Å². The molecule has 1 aliphatic rings. The second-order valence-corrected chi connectivity index (χ2v) is 9.63. The van der Waals surface area contributed by atoms with Gasteiger partial charge in [-0.3, -0.25) is 9.59 Å². The highest BCUT2D eigenvalue weighted by Crippen LogP contribution is 2.20. The van der Waals surface area contributed by atoms with Crippen LogP contribution in [-0.2, 0) is 13.0 Å². The van der Waals surface area contributed by atoms with E-state index < -0.39 is 0 Å². The maximum atomic E-state index is 13.4. The molecule has 1 aliphatic carbocycles. The van der Waals surface area contributed by atoms with Crippen molar-refractivity contribution < 1.29 is 9.18 Å². The minimum absolute atomic E-state index is 0.161. The van der Waals surface area contributed by atoms with Gasteiger partial charge in [0.1, 0.15) is 5.82 Å². The number of nitrogens with zero attached hydrogens (tertiary/aromatic N) is 3. The third kappa shape index (κ3) is 5.15. The summed E-state index contributed by atoms with van der Waals surface area (Å²) in [5.74, 6) is -0.499. The number of rotatable bonds is 7. The summed E-state index contributed by atoms with van der Waals surface area (Å²) < 4.78 is 16.9. The van der Waals surface area contributed by atoms with Gasteiger partial charge < -0.3 is 14.5 Å². The number of carbonyl (C=O) groups excluding carboxylic acids is 1. The Hall–Kier alpha value is -4.00. The molecule has 0 saturated heterocycles. The lowest BCUT2D eigenvalue weighted by Gasteiger charge is -2.26. The predicted molar refractivity (Wildman–Crippen MR) is 137 cm³/mol. The zero-order valence-electron chi connectivity index (χ0n) is 20.5. The molecular weight excluding hydrogens is 455 g/mol. The van der Waals surface area contributed by atoms with Crippen LogP contribution in [0, 0.1) is 19.7 Å². The molecule has 1 amide bonds. The van der Waals surface area contributed by atoms with Crippen LogP contribution in [0.1, 0.15) is 57.6 Å². The average Bonchev–Trinajstić information content (AvgIpc) is 3.26. The SMILES string of the molecule is Cc1cn(-c2ccc(Cc3cc(C(=O)NC4CCC4)cn(Cc4ccc(F)cc4)c3=O)cc2C)cn1. The van der Waals surface area contributed by atoms with Crippen molar-refractivity contribution in [1.82, 2.24) is 19.4 Å². The summed E-state index contributed by atoms with van der Waals surface area (Å²) in [7, 11) is 0. The third-order valence-electron chi connectivity index (χ3n) is 6.77. The normalized spacial score (nSPS) is 13.4. The number of hydrogen-bond donors (Lipinski definition) is 1. The molecule has 184 valence electrons. The van der Waals surface area contributed by atoms with Crippen LogP contribution in [0.25, 0.3) is 5.69 Å². The van der Waals surface area contributed by atoms with Crippen molar-refractivity contribution in [2.45, 2.75) is 52.1 Å². The highest BCUT2D eigenvalue weighted by molar-refractivity contribution is 5.94. The molecule has 0 unspecified atom stereocenters. The topological polar surface area (TPSA) is 68.9 Å². The molecule has 36 heavy (non-hydrogen) atoms. The Labute approximate surface area is 209 Å². The summed E-state index contributed by atoms with van der Waals surface area (Å²) in [5, 5.41) is 3.07. The molecule has 2 heterocycles. The van der Waals surface area contributed by atoms with E-state index in [2.05, 4.69) is 16.4 Å². The maximum Gasteiger partial charge on any atom is 0.254 e. The number of carbonyl (C=O) groups is 1. The highest BCUT2D eigenvalue weighted by atomic mass is 19.1. The van der Waals surface area contributed by atoms with Gasteiger partial charge >= 0.3 is 0 Å². The number of hydrogen-bond acceptors (Lipinski definition) is 3. The number of halogens is 1. The predicted octanol–water partition coefficient (Wildman–Crippen LogP) is 4.71. The zero-order valence-corrected chi connectivity index (χ0v) is 20.5. The minimum Gasteiger partial charge on any atom is -0.349 e. The van der Waals surface area contributed by atoms with Crippen LogP contribution in [-0.4, -0.2) is 26.1 Å². The first-order valence-corrected chi connectivity index (χ1v) is 12.2. The fraction of sp³-hybridized carbons (Fsp3) is 0.276. The molecule has 6 nitrogen and oxygen atoms in total. The Kier molecular flexibility index (Phi) is 6.55. The maximum absolute atomic E-state index is 13.4. The van der Waals surface area contributed by atoms with Gasteiger partial charge in [0, 0.05) is 36.1 Å². The number of aryl methyl sites for hydroxylation is 2. The van der Waals surface area contributed by atoms with Crippen LogP contribution in [0.4, 0.5) is 4.39 Å². The third-order valence-corrected chi connectivity index (χ3v) is 6.77. The van der Waals surface area contributed by atoms with Gasteiger partial charge in [-0.1, -0.05) is 24.3 Å². The van der Waals surface area contributed by atoms with E-state index in [1.54, 1.807) is 35.3 Å². The molecule has 1 N–H and O–H groups in total. The smallest absolute Gasteiger partial charge is 0.254 e.